The Kier molecular flexibility index (Phi) is 8.94. The van der Waals surface area contributed by atoms with Crippen molar-refractivity contribution in [3.05, 3.63) is 251 Å². The predicted molar refractivity (Wildman–Crippen MR) is 333 cm³/mol. The van der Waals surface area contributed by atoms with Crippen LogP contribution < -0.4 is 4.90 Å². The molecule has 0 unspecified atom stereocenters. The molecule has 0 N–H and O–H groups in total. The molecule has 3 aliphatic carbocycles. The van der Waals surface area contributed by atoms with Gasteiger partial charge in [0.1, 0.15) is 22.3 Å². The van der Waals surface area contributed by atoms with E-state index < -0.39 is 0 Å². The highest BCUT2D eigenvalue weighted by Gasteiger charge is 2.49. The average Bonchev–Trinajstić information content (AvgIpc) is 2.72. The van der Waals surface area contributed by atoms with E-state index in [1.165, 1.54) is 105 Å². The van der Waals surface area contributed by atoms with Crippen molar-refractivity contribution in [1.29, 1.82) is 0 Å². The zero-order chi connectivity index (χ0) is 53.7. The zero-order valence-electron chi connectivity index (χ0n) is 45.9. The van der Waals surface area contributed by atoms with Gasteiger partial charge < -0.3 is 18.3 Å². The first-order valence-electron chi connectivity index (χ1n) is 28.2. The first kappa shape index (κ1) is 45.6. The van der Waals surface area contributed by atoms with Gasteiger partial charge >= 0.3 is 0 Å². The fraction of sp³-hybridized carbons (Fsp3) is 0.132. The molecule has 0 atom stereocenters. The number of benzene rings is 11. The van der Waals surface area contributed by atoms with Crippen LogP contribution in [0.15, 0.2) is 221 Å². The molecule has 3 aromatic heterocycles. The van der Waals surface area contributed by atoms with Gasteiger partial charge in [0.15, 0.2) is 0 Å². The molecule has 382 valence electrons. The Morgan fingerprint density at radius 2 is 0.863 bits per heavy atom. The molecule has 3 heterocycles. The van der Waals surface area contributed by atoms with E-state index in [0.717, 1.165) is 66.9 Å². The quantitative estimate of drug-likeness (QED) is 0.172. The van der Waals surface area contributed by atoms with E-state index in [1.807, 2.05) is 0 Å². The third-order valence-electron chi connectivity index (χ3n) is 19.0. The van der Waals surface area contributed by atoms with Crippen LogP contribution in [0.1, 0.15) is 80.5 Å². The number of hydrogen-bond donors (Lipinski definition) is 0. The SMILES string of the molecule is Cc1ccccc1-c1cc2c(c3c1oc1ccccc13)-c1ccc(N(c3ccc4c(c3)C(C)(C)c3c5c(c6oc7ccccc7c6c3-4)-c3ccccc3C5(C)C)c3ccc4c5ccccc5n(-c5ccccc5)c4c3)cc1C2(C)C. The van der Waals surface area contributed by atoms with Gasteiger partial charge in [-0.2, -0.15) is 0 Å². The molecule has 4 nitrogen and oxygen atoms in total. The Balaban J connectivity index is 0.923. The van der Waals surface area contributed by atoms with Gasteiger partial charge in [-0.1, -0.05) is 181 Å². The van der Waals surface area contributed by atoms with E-state index in [4.69, 9.17) is 8.83 Å². The Bertz CT molecular complexity index is 5050. The minimum atomic E-state index is -0.374. The highest BCUT2D eigenvalue weighted by Crippen LogP contribution is 2.64. The molecule has 80 heavy (non-hydrogen) atoms. The molecule has 14 aromatic rings. The molecule has 3 aliphatic rings. The van der Waals surface area contributed by atoms with E-state index in [1.54, 1.807) is 0 Å². The summed E-state index contributed by atoms with van der Waals surface area (Å²) in [6.07, 6.45) is 0. The summed E-state index contributed by atoms with van der Waals surface area (Å²) >= 11 is 0. The van der Waals surface area contributed by atoms with Crippen molar-refractivity contribution in [1.82, 2.24) is 4.57 Å². The number of nitrogens with zero attached hydrogens (tertiary/aromatic N) is 2. The number of furan rings is 2. The van der Waals surface area contributed by atoms with Crippen LogP contribution in [-0.4, -0.2) is 4.57 Å². The number of hydrogen-bond acceptors (Lipinski definition) is 3. The summed E-state index contributed by atoms with van der Waals surface area (Å²) < 4.78 is 16.4. The number of aromatic nitrogens is 1. The Labute approximate surface area is 464 Å². The van der Waals surface area contributed by atoms with Gasteiger partial charge in [-0.25, -0.2) is 0 Å². The molecular formula is C76H56N2O2. The maximum Gasteiger partial charge on any atom is 0.144 e. The van der Waals surface area contributed by atoms with Crippen LogP contribution in [0, 0.1) is 6.92 Å². The zero-order valence-corrected chi connectivity index (χ0v) is 45.9. The van der Waals surface area contributed by atoms with E-state index in [-0.39, 0.29) is 16.2 Å². The number of para-hydroxylation sites is 4. The largest absolute Gasteiger partial charge is 0.455 e. The maximum absolute atomic E-state index is 7.07. The molecule has 4 heteroatoms. The van der Waals surface area contributed by atoms with Crippen LogP contribution in [-0.2, 0) is 16.2 Å². The number of fused-ring (bicyclic) bond motifs is 22. The standard InChI is InChI=1S/C76H56N2O2/c1-43-21-11-12-24-48(43)56-42-60-65(67-54-27-15-19-31-63(54)79-72(56)67)52-37-34-45(39-58(52)74(60,2)3)77(47-33-36-50-49-25-14-18-30-61(49)78(62(50)41-47)44-22-9-8-10-23-44)46-35-38-53-59(40-46)76(6,7)70-66(53)68-55-28-16-20-32-64(55)80-73(68)69-51-26-13-17-29-57(51)75(4,5)71(69)70/h8-42H,1-7H3. The van der Waals surface area contributed by atoms with Crippen molar-refractivity contribution < 1.29 is 8.83 Å². The highest BCUT2D eigenvalue weighted by atomic mass is 16.3. The van der Waals surface area contributed by atoms with Crippen LogP contribution in [0.4, 0.5) is 17.1 Å². The topological polar surface area (TPSA) is 34.5 Å². The fourth-order valence-electron chi connectivity index (χ4n) is 15.4. The lowest BCUT2D eigenvalue weighted by Crippen LogP contribution is -2.24. The van der Waals surface area contributed by atoms with E-state index in [9.17, 15) is 0 Å². The van der Waals surface area contributed by atoms with Crippen LogP contribution in [0.3, 0.4) is 0 Å². The molecule has 0 radical (unpaired) electrons. The fourth-order valence-corrected chi connectivity index (χ4v) is 15.4. The highest BCUT2D eigenvalue weighted by molar-refractivity contribution is 6.22. The van der Waals surface area contributed by atoms with Crippen molar-refractivity contribution in [2.45, 2.75) is 64.7 Å². The van der Waals surface area contributed by atoms with Gasteiger partial charge in [-0.05, 0) is 152 Å². The summed E-state index contributed by atoms with van der Waals surface area (Å²) in [5.74, 6) is 0. The van der Waals surface area contributed by atoms with Gasteiger partial charge in [-0.15, -0.1) is 0 Å². The summed E-state index contributed by atoms with van der Waals surface area (Å²) in [7, 11) is 0. The lowest BCUT2D eigenvalue weighted by Gasteiger charge is -2.32. The van der Waals surface area contributed by atoms with Gasteiger partial charge in [0.25, 0.3) is 0 Å². The molecule has 0 amide bonds. The average molecular weight is 1030 g/mol. The first-order valence-corrected chi connectivity index (χ1v) is 28.2. The molecule has 0 bridgehead atoms. The maximum atomic E-state index is 7.07. The summed E-state index contributed by atoms with van der Waals surface area (Å²) in [5, 5.41) is 7.16. The smallest absolute Gasteiger partial charge is 0.144 e. The minimum Gasteiger partial charge on any atom is -0.455 e. The molecule has 0 spiro atoms. The molecule has 0 saturated carbocycles. The second-order valence-corrected chi connectivity index (χ2v) is 24.4. The van der Waals surface area contributed by atoms with Crippen molar-refractivity contribution in [2.75, 3.05) is 4.90 Å². The molecule has 11 aromatic carbocycles. The number of aryl methyl sites for hydroxylation is 1. The Morgan fingerprint density at radius 1 is 0.350 bits per heavy atom. The molecule has 0 aliphatic heterocycles. The minimum absolute atomic E-state index is 0.256. The van der Waals surface area contributed by atoms with Crippen molar-refractivity contribution in [3.8, 4) is 50.2 Å². The Morgan fingerprint density at radius 3 is 1.59 bits per heavy atom. The lowest BCUT2D eigenvalue weighted by molar-refractivity contribution is 0.600. The van der Waals surface area contributed by atoms with E-state index >= 15 is 0 Å². The van der Waals surface area contributed by atoms with Crippen molar-refractivity contribution >= 4 is 82.7 Å². The molecular weight excluding hydrogens is 973 g/mol. The van der Waals surface area contributed by atoms with E-state index in [0.29, 0.717) is 0 Å². The normalized spacial score (nSPS) is 15.0. The molecule has 0 fully saturated rings. The summed E-state index contributed by atoms with van der Waals surface area (Å²) in [5.41, 5.74) is 28.8. The van der Waals surface area contributed by atoms with Crippen molar-refractivity contribution in [3.63, 3.8) is 0 Å². The lowest BCUT2D eigenvalue weighted by atomic mass is 9.72. The van der Waals surface area contributed by atoms with Gasteiger partial charge in [0.2, 0.25) is 0 Å². The summed E-state index contributed by atoms with van der Waals surface area (Å²) in [6, 6.07) is 78.7. The summed E-state index contributed by atoms with van der Waals surface area (Å²) in [4.78, 5) is 2.53. The number of rotatable bonds is 5. The predicted octanol–water partition coefficient (Wildman–Crippen LogP) is 20.9. The van der Waals surface area contributed by atoms with Crippen LogP contribution >= 0.6 is 0 Å². The van der Waals surface area contributed by atoms with Crippen LogP contribution in [0.25, 0.3) is 116 Å². The van der Waals surface area contributed by atoms with Gasteiger partial charge in [-0.3, -0.25) is 0 Å². The second kappa shape index (κ2) is 15.7. The third-order valence-corrected chi connectivity index (χ3v) is 19.0. The Hall–Kier alpha value is -9.38. The summed E-state index contributed by atoms with van der Waals surface area (Å²) in [6.45, 7) is 16.8. The van der Waals surface area contributed by atoms with E-state index in [2.05, 4.69) is 270 Å². The number of anilines is 3. The van der Waals surface area contributed by atoms with Gasteiger partial charge in [0.05, 0.1) is 11.0 Å². The first-order chi connectivity index (χ1) is 38.9. The third kappa shape index (κ3) is 5.80. The molecule has 0 saturated heterocycles. The molecule has 17 rings (SSSR count). The monoisotopic (exact) mass is 1030 g/mol. The van der Waals surface area contributed by atoms with Gasteiger partial charge in [0, 0.05) is 82.4 Å². The van der Waals surface area contributed by atoms with Crippen molar-refractivity contribution in [2.24, 2.45) is 0 Å². The second-order valence-electron chi connectivity index (χ2n) is 24.4. The van der Waals surface area contributed by atoms with Crippen LogP contribution in [0.5, 0.6) is 0 Å². The van der Waals surface area contributed by atoms with Crippen LogP contribution in [0.2, 0.25) is 0 Å².